The summed E-state index contributed by atoms with van der Waals surface area (Å²) in [6, 6.07) is 20.6. The standard InChI is InChI=1S/C18H14N6O2/c25-24(26)16-11-9-15(10-12-16)20-22-18(14-6-2-1-3-7-14)23-21-17-8-4-5-13-19-17/h1-13H,(H,19,21)/b22-20+,23-18+. The third kappa shape index (κ3) is 4.54. The second kappa shape index (κ2) is 8.25. The Balaban J connectivity index is 1.84. The molecule has 1 aromatic heterocycles. The third-order valence-electron chi connectivity index (χ3n) is 3.29. The molecule has 3 aromatic rings. The van der Waals surface area contributed by atoms with E-state index in [9.17, 15) is 10.1 Å². The highest BCUT2D eigenvalue weighted by molar-refractivity contribution is 5.99. The van der Waals surface area contributed by atoms with Gasteiger partial charge in [0, 0.05) is 23.9 Å². The number of nitro benzene ring substituents is 1. The fourth-order valence-electron chi connectivity index (χ4n) is 2.02. The van der Waals surface area contributed by atoms with Crippen molar-refractivity contribution < 1.29 is 4.92 Å². The lowest BCUT2D eigenvalue weighted by molar-refractivity contribution is -0.384. The summed E-state index contributed by atoms with van der Waals surface area (Å²) in [5.74, 6) is 0.932. The van der Waals surface area contributed by atoms with Gasteiger partial charge in [0.2, 0.25) is 5.84 Å². The summed E-state index contributed by atoms with van der Waals surface area (Å²) in [4.78, 5) is 14.4. The van der Waals surface area contributed by atoms with Crippen LogP contribution in [0.25, 0.3) is 0 Å². The fourth-order valence-corrected chi connectivity index (χ4v) is 2.02. The highest BCUT2D eigenvalue weighted by Gasteiger charge is 2.05. The van der Waals surface area contributed by atoms with Gasteiger partial charge in [-0.2, -0.15) is 5.10 Å². The molecule has 0 saturated heterocycles. The molecule has 0 aliphatic carbocycles. The van der Waals surface area contributed by atoms with Crippen LogP contribution in [0.1, 0.15) is 5.56 Å². The summed E-state index contributed by atoms with van der Waals surface area (Å²) >= 11 is 0. The molecule has 8 nitrogen and oxygen atoms in total. The lowest BCUT2D eigenvalue weighted by atomic mass is 10.2. The van der Waals surface area contributed by atoms with E-state index in [1.807, 2.05) is 36.4 Å². The molecular weight excluding hydrogens is 332 g/mol. The van der Waals surface area contributed by atoms with Gasteiger partial charge in [0.05, 0.1) is 10.6 Å². The van der Waals surface area contributed by atoms with Crippen LogP contribution in [0.5, 0.6) is 0 Å². The van der Waals surface area contributed by atoms with Crippen molar-refractivity contribution in [1.82, 2.24) is 4.98 Å². The maximum Gasteiger partial charge on any atom is 0.269 e. The highest BCUT2D eigenvalue weighted by atomic mass is 16.6. The number of anilines is 1. The molecule has 8 heteroatoms. The number of nitrogens with zero attached hydrogens (tertiary/aromatic N) is 5. The molecule has 128 valence electrons. The van der Waals surface area contributed by atoms with Crippen molar-refractivity contribution in [3.05, 3.63) is 94.7 Å². The molecule has 0 aliphatic heterocycles. The van der Waals surface area contributed by atoms with Gasteiger partial charge in [0.1, 0.15) is 5.82 Å². The molecule has 0 unspecified atom stereocenters. The second-order valence-corrected chi connectivity index (χ2v) is 5.10. The van der Waals surface area contributed by atoms with E-state index < -0.39 is 4.92 Å². The average molecular weight is 346 g/mol. The van der Waals surface area contributed by atoms with E-state index in [1.165, 1.54) is 24.3 Å². The van der Waals surface area contributed by atoms with Crippen molar-refractivity contribution in [2.75, 3.05) is 5.43 Å². The van der Waals surface area contributed by atoms with E-state index in [0.717, 1.165) is 5.56 Å². The Labute approximate surface area is 149 Å². The largest absolute Gasteiger partial charge is 0.269 e. The number of hydrazone groups is 1. The van der Waals surface area contributed by atoms with Gasteiger partial charge in [-0.05, 0) is 24.3 Å². The second-order valence-electron chi connectivity index (χ2n) is 5.10. The zero-order chi connectivity index (χ0) is 18.2. The van der Waals surface area contributed by atoms with Crippen molar-refractivity contribution in [3.63, 3.8) is 0 Å². The van der Waals surface area contributed by atoms with Crippen LogP contribution in [-0.2, 0) is 0 Å². The third-order valence-corrected chi connectivity index (χ3v) is 3.29. The first-order chi connectivity index (χ1) is 12.7. The number of rotatable bonds is 5. The Kier molecular flexibility index (Phi) is 5.36. The van der Waals surface area contributed by atoms with Gasteiger partial charge in [-0.25, -0.2) is 4.98 Å². The monoisotopic (exact) mass is 346 g/mol. The first kappa shape index (κ1) is 16.9. The average Bonchev–Trinajstić information content (AvgIpc) is 2.70. The van der Waals surface area contributed by atoms with E-state index in [4.69, 9.17) is 0 Å². The van der Waals surface area contributed by atoms with Crippen LogP contribution in [0.15, 0.2) is 94.3 Å². The highest BCUT2D eigenvalue weighted by Crippen LogP contribution is 2.18. The number of azo groups is 1. The minimum Gasteiger partial charge on any atom is -0.259 e. The molecule has 0 fully saturated rings. The van der Waals surface area contributed by atoms with Gasteiger partial charge in [-0.15, -0.1) is 10.2 Å². The van der Waals surface area contributed by atoms with Crippen LogP contribution in [-0.4, -0.2) is 15.7 Å². The summed E-state index contributed by atoms with van der Waals surface area (Å²) in [6.45, 7) is 0. The predicted molar refractivity (Wildman–Crippen MR) is 98.5 cm³/mol. The van der Waals surface area contributed by atoms with E-state index in [-0.39, 0.29) is 5.69 Å². The number of nitro groups is 1. The molecule has 0 saturated carbocycles. The maximum absolute atomic E-state index is 10.7. The molecule has 0 amide bonds. The summed E-state index contributed by atoms with van der Waals surface area (Å²) in [5, 5.41) is 23.2. The first-order valence-electron chi connectivity index (χ1n) is 7.69. The minimum atomic E-state index is -0.464. The van der Waals surface area contributed by atoms with Crippen molar-refractivity contribution in [1.29, 1.82) is 0 Å². The number of non-ortho nitro benzene ring substituents is 1. The number of nitrogens with one attached hydrogen (secondary N) is 1. The Morgan fingerprint density at radius 1 is 0.962 bits per heavy atom. The molecule has 26 heavy (non-hydrogen) atoms. The lowest BCUT2D eigenvalue weighted by Gasteiger charge is -2.02. The quantitative estimate of drug-likeness (QED) is 0.240. The maximum atomic E-state index is 10.7. The number of pyridine rings is 1. The van der Waals surface area contributed by atoms with Gasteiger partial charge in [0.15, 0.2) is 0 Å². The Morgan fingerprint density at radius 2 is 1.69 bits per heavy atom. The van der Waals surface area contributed by atoms with Crippen LogP contribution in [0.3, 0.4) is 0 Å². The molecule has 3 rings (SSSR count). The smallest absolute Gasteiger partial charge is 0.259 e. The van der Waals surface area contributed by atoms with Gasteiger partial charge in [0.25, 0.3) is 5.69 Å². The molecule has 0 aliphatic rings. The van der Waals surface area contributed by atoms with Gasteiger partial charge in [-0.3, -0.25) is 15.5 Å². The zero-order valence-corrected chi connectivity index (χ0v) is 13.6. The number of amidine groups is 1. The van der Waals surface area contributed by atoms with E-state index in [1.54, 1.807) is 18.3 Å². The molecule has 1 heterocycles. The predicted octanol–water partition coefficient (Wildman–Crippen LogP) is 4.55. The number of hydrogen-bond acceptors (Lipinski definition) is 6. The Bertz CT molecular complexity index is 925. The number of benzene rings is 2. The normalized spacial score (nSPS) is 11.5. The van der Waals surface area contributed by atoms with Crippen molar-refractivity contribution >= 4 is 23.0 Å². The molecular formula is C18H14N6O2. The van der Waals surface area contributed by atoms with Crippen LogP contribution in [0.4, 0.5) is 17.2 Å². The van der Waals surface area contributed by atoms with Crippen LogP contribution in [0.2, 0.25) is 0 Å². The number of aromatic nitrogens is 1. The molecule has 1 N–H and O–H groups in total. The van der Waals surface area contributed by atoms with Crippen LogP contribution < -0.4 is 5.43 Å². The molecule has 0 spiro atoms. The van der Waals surface area contributed by atoms with E-state index in [0.29, 0.717) is 17.3 Å². The molecule has 0 atom stereocenters. The Morgan fingerprint density at radius 3 is 2.35 bits per heavy atom. The van der Waals surface area contributed by atoms with Crippen molar-refractivity contribution in [2.24, 2.45) is 15.3 Å². The molecule has 0 radical (unpaired) electrons. The minimum absolute atomic E-state index is 0.00211. The van der Waals surface area contributed by atoms with Gasteiger partial charge in [-0.1, -0.05) is 36.4 Å². The summed E-state index contributed by atoms with van der Waals surface area (Å²) in [5.41, 5.74) is 4.08. The van der Waals surface area contributed by atoms with Crippen LogP contribution in [0, 0.1) is 10.1 Å². The summed E-state index contributed by atoms with van der Waals surface area (Å²) in [7, 11) is 0. The summed E-state index contributed by atoms with van der Waals surface area (Å²) < 4.78 is 0. The molecule has 0 bridgehead atoms. The van der Waals surface area contributed by atoms with Crippen molar-refractivity contribution in [2.45, 2.75) is 0 Å². The van der Waals surface area contributed by atoms with Gasteiger partial charge < -0.3 is 0 Å². The topological polar surface area (TPSA) is 105 Å². The lowest BCUT2D eigenvalue weighted by Crippen LogP contribution is -2.01. The Hall–Kier alpha value is -3.94. The first-order valence-corrected chi connectivity index (χ1v) is 7.69. The van der Waals surface area contributed by atoms with E-state index in [2.05, 4.69) is 25.7 Å². The molecule has 2 aromatic carbocycles. The van der Waals surface area contributed by atoms with E-state index >= 15 is 0 Å². The number of hydrogen-bond donors (Lipinski definition) is 1. The SMILES string of the molecule is O=[N+]([O-])c1ccc(/N=N/C(=N/Nc2ccccn2)c2ccccc2)cc1. The fraction of sp³-hybridized carbons (Fsp3) is 0. The van der Waals surface area contributed by atoms with Gasteiger partial charge >= 0.3 is 0 Å². The van der Waals surface area contributed by atoms with Crippen molar-refractivity contribution in [3.8, 4) is 0 Å². The van der Waals surface area contributed by atoms with Crippen LogP contribution >= 0.6 is 0 Å². The zero-order valence-electron chi connectivity index (χ0n) is 13.6. The summed E-state index contributed by atoms with van der Waals surface area (Å²) in [6.07, 6.45) is 1.65.